The van der Waals surface area contributed by atoms with Crippen molar-refractivity contribution in [3.05, 3.63) is 64.9 Å². The summed E-state index contributed by atoms with van der Waals surface area (Å²) < 4.78 is 0. The van der Waals surface area contributed by atoms with Gasteiger partial charge in [0.05, 0.1) is 11.6 Å². The fourth-order valence-corrected chi connectivity index (χ4v) is 2.67. The van der Waals surface area contributed by atoms with Gasteiger partial charge in [0.1, 0.15) is 5.76 Å². The van der Waals surface area contributed by atoms with Crippen LogP contribution < -0.4 is 5.32 Å². The van der Waals surface area contributed by atoms with Crippen molar-refractivity contribution in [3.8, 4) is 11.1 Å². The Morgan fingerprint density at radius 1 is 1.10 bits per heavy atom. The van der Waals surface area contributed by atoms with Gasteiger partial charge < -0.3 is 10.4 Å². The van der Waals surface area contributed by atoms with E-state index in [1.54, 1.807) is 13.0 Å². The van der Waals surface area contributed by atoms with E-state index in [4.69, 9.17) is 11.6 Å². The number of amides is 1. The Morgan fingerprint density at radius 3 is 2.43 bits per heavy atom. The summed E-state index contributed by atoms with van der Waals surface area (Å²) in [6.45, 7) is 1.73. The Hall–Kier alpha value is -2.26. The Balaban J connectivity index is 2.14. The molecule has 3 nitrogen and oxygen atoms in total. The highest BCUT2D eigenvalue weighted by Crippen LogP contribution is 2.33. The van der Waals surface area contributed by atoms with E-state index in [9.17, 15) is 9.90 Å². The first kappa shape index (κ1) is 13.7. The fourth-order valence-electron chi connectivity index (χ4n) is 2.46. The molecule has 1 heterocycles. The molecule has 0 aromatic heterocycles. The van der Waals surface area contributed by atoms with Gasteiger partial charge in [-0.2, -0.15) is 0 Å². The van der Waals surface area contributed by atoms with Crippen LogP contribution >= 0.6 is 11.6 Å². The highest BCUT2D eigenvalue weighted by Gasteiger charge is 2.30. The standard InChI is InChI=1S/C17H14ClNO2/c1-10-16(20)15(17(21)19-10)13-9-12(7-8-14(13)18)11-5-3-2-4-6-11/h2-10,20H,1H3,(H,19,21). The van der Waals surface area contributed by atoms with E-state index in [2.05, 4.69) is 5.32 Å². The first-order chi connectivity index (χ1) is 10.1. The van der Waals surface area contributed by atoms with Crippen molar-refractivity contribution in [1.29, 1.82) is 0 Å². The molecule has 1 atom stereocenters. The van der Waals surface area contributed by atoms with Gasteiger partial charge in [0, 0.05) is 10.6 Å². The molecule has 1 aliphatic heterocycles. The van der Waals surface area contributed by atoms with Gasteiger partial charge in [-0.1, -0.05) is 48.0 Å². The zero-order valence-electron chi connectivity index (χ0n) is 11.4. The number of nitrogens with one attached hydrogen (secondary N) is 1. The van der Waals surface area contributed by atoms with Crippen molar-refractivity contribution in [1.82, 2.24) is 5.32 Å². The van der Waals surface area contributed by atoms with Crippen molar-refractivity contribution in [2.45, 2.75) is 13.0 Å². The Morgan fingerprint density at radius 2 is 1.81 bits per heavy atom. The second-order valence-corrected chi connectivity index (χ2v) is 5.42. The lowest BCUT2D eigenvalue weighted by atomic mass is 9.98. The van der Waals surface area contributed by atoms with Crippen LogP contribution in [-0.2, 0) is 4.79 Å². The largest absolute Gasteiger partial charge is 0.509 e. The first-order valence-electron chi connectivity index (χ1n) is 6.67. The zero-order chi connectivity index (χ0) is 15.0. The van der Waals surface area contributed by atoms with Gasteiger partial charge >= 0.3 is 0 Å². The van der Waals surface area contributed by atoms with Crippen LogP contribution in [0.15, 0.2) is 54.3 Å². The lowest BCUT2D eigenvalue weighted by Gasteiger charge is -2.08. The van der Waals surface area contributed by atoms with Gasteiger partial charge in [-0.05, 0) is 30.2 Å². The number of halogens is 1. The Bertz CT molecular complexity index is 738. The third-order valence-electron chi connectivity index (χ3n) is 3.58. The molecule has 0 fully saturated rings. The van der Waals surface area contributed by atoms with Gasteiger partial charge in [-0.15, -0.1) is 0 Å². The molecule has 0 aliphatic carbocycles. The van der Waals surface area contributed by atoms with Crippen LogP contribution in [-0.4, -0.2) is 17.1 Å². The van der Waals surface area contributed by atoms with E-state index in [0.717, 1.165) is 11.1 Å². The van der Waals surface area contributed by atoms with Gasteiger partial charge in [-0.3, -0.25) is 4.79 Å². The summed E-state index contributed by atoms with van der Waals surface area (Å²) in [5.74, 6) is -0.265. The number of hydrogen-bond acceptors (Lipinski definition) is 2. The molecule has 0 saturated heterocycles. The lowest BCUT2D eigenvalue weighted by Crippen LogP contribution is -2.25. The van der Waals surface area contributed by atoms with Gasteiger partial charge in [0.15, 0.2) is 0 Å². The quantitative estimate of drug-likeness (QED) is 0.886. The second kappa shape index (κ2) is 5.26. The minimum Gasteiger partial charge on any atom is -0.509 e. The Labute approximate surface area is 127 Å². The summed E-state index contributed by atoms with van der Waals surface area (Å²) >= 11 is 6.22. The van der Waals surface area contributed by atoms with E-state index < -0.39 is 0 Å². The zero-order valence-corrected chi connectivity index (χ0v) is 12.2. The van der Waals surface area contributed by atoms with E-state index in [1.165, 1.54) is 0 Å². The van der Waals surface area contributed by atoms with Crippen molar-refractivity contribution in [2.75, 3.05) is 0 Å². The van der Waals surface area contributed by atoms with E-state index in [0.29, 0.717) is 10.6 Å². The number of carbonyl (C=O) groups is 1. The maximum atomic E-state index is 12.0. The van der Waals surface area contributed by atoms with Crippen LogP contribution in [0.5, 0.6) is 0 Å². The molecule has 0 saturated carbocycles. The number of hydrogen-bond donors (Lipinski definition) is 2. The summed E-state index contributed by atoms with van der Waals surface area (Å²) in [6, 6.07) is 14.9. The lowest BCUT2D eigenvalue weighted by molar-refractivity contribution is -0.115. The number of carbonyl (C=O) groups excluding carboxylic acids is 1. The monoisotopic (exact) mass is 299 g/mol. The summed E-state index contributed by atoms with van der Waals surface area (Å²) in [4.78, 5) is 12.0. The van der Waals surface area contributed by atoms with Crippen molar-refractivity contribution in [2.24, 2.45) is 0 Å². The van der Waals surface area contributed by atoms with Crippen molar-refractivity contribution >= 4 is 23.1 Å². The van der Waals surface area contributed by atoms with Crippen molar-refractivity contribution < 1.29 is 9.90 Å². The summed E-state index contributed by atoms with van der Waals surface area (Å²) in [5.41, 5.74) is 2.78. The van der Waals surface area contributed by atoms with Gasteiger partial charge in [0.2, 0.25) is 0 Å². The molecule has 4 heteroatoms. The minimum absolute atomic E-state index is 0.0344. The minimum atomic E-state index is -0.385. The third-order valence-corrected chi connectivity index (χ3v) is 3.91. The average Bonchev–Trinajstić information content (AvgIpc) is 2.74. The van der Waals surface area contributed by atoms with Crippen LogP contribution in [0.1, 0.15) is 12.5 Å². The van der Waals surface area contributed by atoms with Gasteiger partial charge in [0.25, 0.3) is 5.91 Å². The summed E-state index contributed by atoms with van der Waals surface area (Å²) in [6.07, 6.45) is 0. The average molecular weight is 300 g/mol. The molecular formula is C17H14ClNO2. The van der Waals surface area contributed by atoms with Gasteiger partial charge in [-0.25, -0.2) is 0 Å². The third kappa shape index (κ3) is 2.41. The maximum Gasteiger partial charge on any atom is 0.256 e. The number of rotatable bonds is 2. The molecule has 3 rings (SSSR count). The SMILES string of the molecule is CC1NC(=O)C(c2cc(-c3ccccc3)ccc2Cl)=C1O. The first-order valence-corrected chi connectivity index (χ1v) is 7.05. The second-order valence-electron chi connectivity index (χ2n) is 5.02. The molecule has 0 radical (unpaired) electrons. The van der Waals surface area contributed by atoms with E-state index in [1.807, 2.05) is 42.5 Å². The molecule has 2 aromatic rings. The number of benzene rings is 2. The topological polar surface area (TPSA) is 49.3 Å². The fraction of sp³-hybridized carbons (Fsp3) is 0.118. The highest BCUT2D eigenvalue weighted by molar-refractivity contribution is 6.35. The number of aliphatic hydroxyl groups excluding tert-OH is 1. The van der Waals surface area contributed by atoms with Crippen molar-refractivity contribution in [3.63, 3.8) is 0 Å². The molecule has 106 valence electrons. The molecule has 2 aromatic carbocycles. The molecule has 1 amide bonds. The van der Waals surface area contributed by atoms with Crippen LogP contribution in [0.3, 0.4) is 0 Å². The van der Waals surface area contributed by atoms with Crippen LogP contribution in [0.4, 0.5) is 0 Å². The molecule has 21 heavy (non-hydrogen) atoms. The van der Waals surface area contributed by atoms with E-state index >= 15 is 0 Å². The smallest absolute Gasteiger partial charge is 0.256 e. The van der Waals surface area contributed by atoms with Crippen LogP contribution in [0.2, 0.25) is 5.02 Å². The molecular weight excluding hydrogens is 286 g/mol. The van der Waals surface area contributed by atoms with Crippen LogP contribution in [0, 0.1) is 0 Å². The normalized spacial score (nSPS) is 18.0. The molecule has 1 unspecified atom stereocenters. The molecule has 1 aliphatic rings. The van der Waals surface area contributed by atoms with Crippen LogP contribution in [0.25, 0.3) is 16.7 Å². The highest BCUT2D eigenvalue weighted by atomic mass is 35.5. The Kier molecular flexibility index (Phi) is 3.43. The van der Waals surface area contributed by atoms with E-state index in [-0.39, 0.29) is 23.3 Å². The predicted octanol–water partition coefficient (Wildman–Crippen LogP) is 3.79. The molecule has 2 N–H and O–H groups in total. The molecule has 0 bridgehead atoms. The maximum absolute atomic E-state index is 12.0. The number of aliphatic hydroxyl groups is 1. The summed E-state index contributed by atoms with van der Waals surface area (Å²) in [5, 5.41) is 13.2. The predicted molar refractivity (Wildman–Crippen MR) is 84.0 cm³/mol. The molecule has 0 spiro atoms. The summed E-state index contributed by atoms with van der Waals surface area (Å²) in [7, 11) is 0.